The van der Waals surface area contributed by atoms with Gasteiger partial charge in [-0.05, 0) is 12.1 Å². The number of hydrogen-bond donors (Lipinski definition) is 0. The van der Waals surface area contributed by atoms with Crippen molar-refractivity contribution in [1.82, 2.24) is 4.98 Å². The van der Waals surface area contributed by atoms with E-state index in [1.807, 2.05) is 0 Å². The van der Waals surface area contributed by atoms with E-state index in [0.717, 1.165) is 0 Å². The van der Waals surface area contributed by atoms with Crippen LogP contribution in [0, 0.1) is 5.92 Å². The second kappa shape index (κ2) is 3.57. The molecular weight excluding hydrogens is 182 g/mol. The number of carbonyl (C=O) groups is 2. The molecule has 72 valence electrons. The SMILES string of the molecule is O=C1OCCC1C(=O)c1ccncc1. The maximum Gasteiger partial charge on any atom is 0.316 e. The van der Waals surface area contributed by atoms with Crippen molar-refractivity contribution in [3.8, 4) is 0 Å². The van der Waals surface area contributed by atoms with Crippen LogP contribution < -0.4 is 0 Å². The quantitative estimate of drug-likeness (QED) is 0.394. The summed E-state index contributed by atoms with van der Waals surface area (Å²) in [6.07, 6.45) is 3.56. The topological polar surface area (TPSA) is 56.3 Å². The summed E-state index contributed by atoms with van der Waals surface area (Å²) in [6, 6.07) is 3.21. The van der Waals surface area contributed by atoms with Gasteiger partial charge in [-0.3, -0.25) is 14.6 Å². The molecule has 0 aromatic carbocycles. The molecule has 2 rings (SSSR count). The molecule has 0 N–H and O–H groups in total. The molecule has 0 aliphatic carbocycles. The van der Waals surface area contributed by atoms with Crippen molar-refractivity contribution < 1.29 is 14.3 Å². The average molecular weight is 191 g/mol. The van der Waals surface area contributed by atoms with Crippen LogP contribution in [0.1, 0.15) is 16.8 Å². The number of aromatic nitrogens is 1. The molecular formula is C10H9NO3. The van der Waals surface area contributed by atoms with Crippen LogP contribution in [0.3, 0.4) is 0 Å². The zero-order valence-corrected chi connectivity index (χ0v) is 7.47. The highest BCUT2D eigenvalue weighted by atomic mass is 16.5. The molecule has 0 radical (unpaired) electrons. The lowest BCUT2D eigenvalue weighted by Gasteiger charge is -2.03. The van der Waals surface area contributed by atoms with Crippen molar-refractivity contribution in [3.63, 3.8) is 0 Å². The normalized spacial score (nSPS) is 20.6. The van der Waals surface area contributed by atoms with Crippen molar-refractivity contribution in [2.24, 2.45) is 5.92 Å². The van der Waals surface area contributed by atoms with Gasteiger partial charge in [0.2, 0.25) is 0 Å². The van der Waals surface area contributed by atoms with E-state index >= 15 is 0 Å². The molecule has 4 heteroatoms. The lowest BCUT2D eigenvalue weighted by molar-refractivity contribution is -0.140. The number of carbonyl (C=O) groups excluding carboxylic acids is 2. The van der Waals surface area contributed by atoms with Gasteiger partial charge in [0.25, 0.3) is 0 Å². The zero-order valence-electron chi connectivity index (χ0n) is 7.47. The van der Waals surface area contributed by atoms with E-state index in [1.54, 1.807) is 12.1 Å². The monoisotopic (exact) mass is 191 g/mol. The third-order valence-corrected chi connectivity index (χ3v) is 2.22. The summed E-state index contributed by atoms with van der Waals surface area (Å²) in [4.78, 5) is 26.7. The maximum atomic E-state index is 11.7. The van der Waals surface area contributed by atoms with Gasteiger partial charge in [-0.1, -0.05) is 0 Å². The summed E-state index contributed by atoms with van der Waals surface area (Å²) in [5, 5.41) is 0. The van der Waals surface area contributed by atoms with E-state index in [0.29, 0.717) is 18.6 Å². The van der Waals surface area contributed by atoms with E-state index in [9.17, 15) is 9.59 Å². The Kier molecular flexibility index (Phi) is 2.26. The fraction of sp³-hybridized carbons (Fsp3) is 0.300. The van der Waals surface area contributed by atoms with Gasteiger partial charge in [0, 0.05) is 24.4 Å². The first-order valence-electron chi connectivity index (χ1n) is 4.40. The van der Waals surface area contributed by atoms with Crippen molar-refractivity contribution in [3.05, 3.63) is 30.1 Å². The largest absolute Gasteiger partial charge is 0.465 e. The number of cyclic esters (lactones) is 1. The Bertz CT molecular complexity index is 361. The van der Waals surface area contributed by atoms with Gasteiger partial charge in [-0.2, -0.15) is 0 Å². The Morgan fingerprint density at radius 2 is 2.14 bits per heavy atom. The molecule has 0 amide bonds. The first kappa shape index (κ1) is 8.87. The third-order valence-electron chi connectivity index (χ3n) is 2.22. The minimum Gasteiger partial charge on any atom is -0.465 e. The second-order valence-electron chi connectivity index (χ2n) is 3.11. The van der Waals surface area contributed by atoms with Gasteiger partial charge in [-0.15, -0.1) is 0 Å². The molecule has 4 nitrogen and oxygen atoms in total. The van der Waals surface area contributed by atoms with Gasteiger partial charge >= 0.3 is 5.97 Å². The molecule has 1 aliphatic heterocycles. The van der Waals surface area contributed by atoms with E-state index in [-0.39, 0.29) is 5.78 Å². The molecule has 1 aliphatic rings. The summed E-state index contributed by atoms with van der Waals surface area (Å²) in [6.45, 7) is 0.348. The summed E-state index contributed by atoms with van der Waals surface area (Å²) in [5.74, 6) is -1.20. The van der Waals surface area contributed by atoms with Crippen LogP contribution in [0.5, 0.6) is 0 Å². The standard InChI is InChI=1S/C10H9NO3/c12-9(7-1-4-11-5-2-7)8-3-6-14-10(8)13/h1-2,4-5,8H,3,6H2. The van der Waals surface area contributed by atoms with Crippen molar-refractivity contribution in [1.29, 1.82) is 0 Å². The molecule has 1 saturated heterocycles. The van der Waals surface area contributed by atoms with Crippen molar-refractivity contribution in [2.45, 2.75) is 6.42 Å². The number of ether oxygens (including phenoxy) is 1. The van der Waals surface area contributed by atoms with Gasteiger partial charge in [0.1, 0.15) is 5.92 Å². The van der Waals surface area contributed by atoms with Crippen LogP contribution in [0.2, 0.25) is 0 Å². The van der Waals surface area contributed by atoms with Crippen LogP contribution in [0.15, 0.2) is 24.5 Å². The number of hydrogen-bond acceptors (Lipinski definition) is 4. The number of nitrogens with zero attached hydrogens (tertiary/aromatic N) is 1. The van der Waals surface area contributed by atoms with Gasteiger partial charge < -0.3 is 4.74 Å². The first-order valence-corrected chi connectivity index (χ1v) is 4.40. The molecule has 14 heavy (non-hydrogen) atoms. The molecule has 1 fully saturated rings. The van der Waals surface area contributed by atoms with Crippen LogP contribution >= 0.6 is 0 Å². The Morgan fingerprint density at radius 3 is 2.71 bits per heavy atom. The second-order valence-corrected chi connectivity index (χ2v) is 3.11. The number of ketones is 1. The first-order chi connectivity index (χ1) is 6.79. The van der Waals surface area contributed by atoms with Crippen LogP contribution in [-0.4, -0.2) is 23.3 Å². The minimum atomic E-state index is -0.614. The summed E-state index contributed by atoms with van der Waals surface area (Å²) in [5.41, 5.74) is 0.517. The maximum absolute atomic E-state index is 11.7. The molecule has 1 aromatic rings. The third kappa shape index (κ3) is 1.51. The summed E-state index contributed by atoms with van der Waals surface area (Å²) < 4.78 is 4.73. The van der Waals surface area contributed by atoms with E-state index in [2.05, 4.69) is 4.98 Å². The number of pyridine rings is 1. The smallest absolute Gasteiger partial charge is 0.316 e. The molecule has 0 spiro atoms. The zero-order chi connectivity index (χ0) is 9.97. The molecule has 0 saturated carbocycles. The van der Waals surface area contributed by atoms with Crippen molar-refractivity contribution >= 4 is 11.8 Å². The molecule has 2 heterocycles. The van der Waals surface area contributed by atoms with Crippen molar-refractivity contribution in [2.75, 3.05) is 6.61 Å². The Hall–Kier alpha value is -1.71. The Balaban J connectivity index is 2.20. The Morgan fingerprint density at radius 1 is 1.43 bits per heavy atom. The van der Waals surface area contributed by atoms with Gasteiger partial charge in [0.15, 0.2) is 5.78 Å². The summed E-state index contributed by atoms with van der Waals surface area (Å²) in [7, 11) is 0. The highest BCUT2D eigenvalue weighted by Crippen LogP contribution is 2.19. The number of Topliss-reactive ketones (excluding diaryl/α,β-unsaturated/α-hetero) is 1. The van der Waals surface area contributed by atoms with Crippen LogP contribution in [0.25, 0.3) is 0 Å². The van der Waals surface area contributed by atoms with E-state index in [1.165, 1.54) is 12.4 Å². The minimum absolute atomic E-state index is 0.171. The number of esters is 1. The fourth-order valence-corrected chi connectivity index (χ4v) is 1.45. The molecule has 1 unspecified atom stereocenters. The molecule has 0 bridgehead atoms. The van der Waals surface area contributed by atoms with Crippen LogP contribution in [0.4, 0.5) is 0 Å². The summed E-state index contributed by atoms with van der Waals surface area (Å²) >= 11 is 0. The predicted molar refractivity (Wildman–Crippen MR) is 47.6 cm³/mol. The lowest BCUT2D eigenvalue weighted by atomic mass is 9.97. The fourth-order valence-electron chi connectivity index (χ4n) is 1.45. The Labute approximate surface area is 80.9 Å². The van der Waals surface area contributed by atoms with E-state index < -0.39 is 11.9 Å². The average Bonchev–Trinajstić information content (AvgIpc) is 2.65. The molecule has 1 atom stereocenters. The van der Waals surface area contributed by atoms with Gasteiger partial charge in [0.05, 0.1) is 6.61 Å². The van der Waals surface area contributed by atoms with Crippen LogP contribution in [-0.2, 0) is 9.53 Å². The predicted octanol–water partition coefficient (Wildman–Crippen LogP) is 0.827. The highest BCUT2D eigenvalue weighted by molar-refractivity contribution is 6.09. The van der Waals surface area contributed by atoms with Gasteiger partial charge in [-0.25, -0.2) is 0 Å². The van der Waals surface area contributed by atoms with E-state index in [4.69, 9.17) is 4.74 Å². The number of rotatable bonds is 2. The lowest BCUT2D eigenvalue weighted by Crippen LogP contribution is -2.19. The molecule has 1 aromatic heterocycles. The highest BCUT2D eigenvalue weighted by Gasteiger charge is 2.33.